The number of rotatable bonds is 5. The number of carbonyl (C=O) groups excluding carboxylic acids is 1. The minimum absolute atomic E-state index is 0.0233. The van der Waals surface area contributed by atoms with Gasteiger partial charge in [-0.05, 0) is 18.2 Å². The first-order chi connectivity index (χ1) is 10.8. The number of benzene rings is 1. The molecule has 0 atom stereocenters. The summed E-state index contributed by atoms with van der Waals surface area (Å²) in [5.74, 6) is 1.73. The molecule has 0 unspecified atom stereocenters. The van der Waals surface area contributed by atoms with Gasteiger partial charge in [0.1, 0.15) is 11.6 Å². The van der Waals surface area contributed by atoms with Crippen LogP contribution < -0.4 is 15.0 Å². The van der Waals surface area contributed by atoms with Crippen LogP contribution in [-0.4, -0.2) is 37.1 Å². The van der Waals surface area contributed by atoms with Gasteiger partial charge in [0.25, 0.3) is 0 Å². The van der Waals surface area contributed by atoms with Crippen molar-refractivity contribution in [3.05, 3.63) is 54.2 Å². The van der Waals surface area contributed by atoms with E-state index in [1.807, 2.05) is 42.5 Å². The molecule has 5 heteroatoms. The maximum atomic E-state index is 12.1. The third-order valence-corrected chi connectivity index (χ3v) is 3.76. The van der Waals surface area contributed by atoms with Crippen molar-refractivity contribution in [3.63, 3.8) is 0 Å². The van der Waals surface area contributed by atoms with Crippen LogP contribution in [0.2, 0.25) is 0 Å². The van der Waals surface area contributed by atoms with Crippen molar-refractivity contribution < 1.29 is 9.53 Å². The molecule has 1 amide bonds. The molecular formula is C17H19N3O2. The maximum Gasteiger partial charge on any atom is 0.224 e. The number of methoxy groups -OCH3 is 1. The number of hydrogen-bond donors (Lipinski definition) is 1. The number of ether oxygens (including phenoxy) is 1. The molecule has 0 radical (unpaired) electrons. The zero-order valence-corrected chi connectivity index (χ0v) is 12.5. The summed E-state index contributed by atoms with van der Waals surface area (Å²) in [7, 11) is 1.62. The molecule has 1 aliphatic heterocycles. The van der Waals surface area contributed by atoms with Gasteiger partial charge in [-0.3, -0.25) is 4.79 Å². The van der Waals surface area contributed by atoms with Crippen molar-refractivity contribution in [2.45, 2.75) is 12.5 Å². The zero-order chi connectivity index (χ0) is 15.4. The molecule has 0 aliphatic carbocycles. The summed E-state index contributed by atoms with van der Waals surface area (Å²) in [5.41, 5.74) is 0.906. The van der Waals surface area contributed by atoms with Crippen molar-refractivity contribution in [2.24, 2.45) is 0 Å². The average Bonchev–Trinajstić information content (AvgIpc) is 2.52. The third-order valence-electron chi connectivity index (χ3n) is 3.76. The highest BCUT2D eigenvalue weighted by Gasteiger charge is 2.28. The molecule has 3 rings (SSSR count). The Balaban J connectivity index is 1.50. The number of para-hydroxylation sites is 1. The minimum atomic E-state index is 0.0233. The van der Waals surface area contributed by atoms with E-state index in [4.69, 9.17) is 4.74 Å². The summed E-state index contributed by atoms with van der Waals surface area (Å²) in [6.45, 7) is 1.60. The quantitative estimate of drug-likeness (QED) is 0.911. The lowest BCUT2D eigenvalue weighted by molar-refractivity contribution is -0.121. The molecule has 0 spiro atoms. The molecule has 1 N–H and O–H groups in total. The molecule has 2 aromatic rings. The molecule has 2 heterocycles. The van der Waals surface area contributed by atoms with Crippen LogP contribution in [0, 0.1) is 0 Å². The van der Waals surface area contributed by atoms with Crippen LogP contribution >= 0.6 is 0 Å². The van der Waals surface area contributed by atoms with Gasteiger partial charge in [0, 0.05) is 24.8 Å². The van der Waals surface area contributed by atoms with Gasteiger partial charge >= 0.3 is 0 Å². The van der Waals surface area contributed by atoms with Crippen molar-refractivity contribution in [1.82, 2.24) is 10.3 Å². The number of carbonyl (C=O) groups is 1. The molecule has 5 nitrogen and oxygen atoms in total. The maximum absolute atomic E-state index is 12.1. The lowest BCUT2D eigenvalue weighted by Gasteiger charge is -2.40. The lowest BCUT2D eigenvalue weighted by Crippen LogP contribution is -2.59. The summed E-state index contributed by atoms with van der Waals surface area (Å²) in [6, 6.07) is 13.6. The summed E-state index contributed by atoms with van der Waals surface area (Å²) in [4.78, 5) is 18.6. The predicted octanol–water partition coefficient (Wildman–Crippen LogP) is 1.64. The van der Waals surface area contributed by atoms with Crippen LogP contribution in [0.5, 0.6) is 5.75 Å². The largest absolute Gasteiger partial charge is 0.496 e. The second kappa shape index (κ2) is 6.47. The van der Waals surface area contributed by atoms with Crippen LogP contribution in [0.25, 0.3) is 0 Å². The molecule has 0 saturated carbocycles. The zero-order valence-electron chi connectivity index (χ0n) is 12.5. The Morgan fingerprint density at radius 3 is 2.77 bits per heavy atom. The van der Waals surface area contributed by atoms with Crippen LogP contribution in [-0.2, 0) is 11.2 Å². The topological polar surface area (TPSA) is 54.5 Å². The minimum Gasteiger partial charge on any atom is -0.496 e. The van der Waals surface area contributed by atoms with Gasteiger partial charge in [-0.15, -0.1) is 0 Å². The molecule has 1 saturated heterocycles. The molecule has 1 aliphatic rings. The van der Waals surface area contributed by atoms with Crippen molar-refractivity contribution >= 4 is 11.7 Å². The first kappa shape index (κ1) is 14.4. The Morgan fingerprint density at radius 1 is 1.27 bits per heavy atom. The number of hydrogen-bond acceptors (Lipinski definition) is 4. The van der Waals surface area contributed by atoms with Gasteiger partial charge in [-0.25, -0.2) is 4.98 Å². The molecule has 1 aromatic carbocycles. The normalized spacial score (nSPS) is 14.3. The van der Waals surface area contributed by atoms with E-state index in [-0.39, 0.29) is 11.9 Å². The summed E-state index contributed by atoms with van der Waals surface area (Å²) < 4.78 is 5.27. The molecule has 1 aromatic heterocycles. The molecule has 1 fully saturated rings. The fraction of sp³-hybridized carbons (Fsp3) is 0.294. The first-order valence-electron chi connectivity index (χ1n) is 7.33. The molecule has 114 valence electrons. The summed E-state index contributed by atoms with van der Waals surface area (Å²) >= 11 is 0. The van der Waals surface area contributed by atoms with Gasteiger partial charge in [0.15, 0.2) is 0 Å². The Labute approximate surface area is 129 Å². The van der Waals surface area contributed by atoms with E-state index in [1.54, 1.807) is 13.3 Å². The van der Waals surface area contributed by atoms with Crippen molar-refractivity contribution in [2.75, 3.05) is 25.1 Å². The highest BCUT2D eigenvalue weighted by molar-refractivity contribution is 5.80. The van der Waals surface area contributed by atoms with Crippen LogP contribution in [0.1, 0.15) is 5.56 Å². The molecule has 0 bridgehead atoms. The number of anilines is 1. The van der Waals surface area contributed by atoms with Crippen LogP contribution in [0.3, 0.4) is 0 Å². The van der Waals surface area contributed by atoms with Gasteiger partial charge in [-0.1, -0.05) is 24.3 Å². The van der Waals surface area contributed by atoms with Crippen molar-refractivity contribution in [1.29, 1.82) is 0 Å². The highest BCUT2D eigenvalue weighted by atomic mass is 16.5. The Bertz CT molecular complexity index is 639. The third kappa shape index (κ3) is 3.19. The lowest BCUT2D eigenvalue weighted by atomic mass is 10.1. The van der Waals surface area contributed by atoms with Gasteiger partial charge in [0.05, 0.1) is 19.6 Å². The van der Waals surface area contributed by atoms with E-state index < -0.39 is 0 Å². The Hall–Kier alpha value is -2.56. The second-order valence-corrected chi connectivity index (χ2v) is 5.35. The van der Waals surface area contributed by atoms with Gasteiger partial charge in [0.2, 0.25) is 5.91 Å². The SMILES string of the molecule is COc1ccccc1CC(=O)NC1CN(c2ccccn2)C1. The second-order valence-electron chi connectivity index (χ2n) is 5.35. The van der Waals surface area contributed by atoms with E-state index in [1.165, 1.54) is 0 Å². The number of nitrogens with one attached hydrogen (secondary N) is 1. The number of aromatic nitrogens is 1. The monoisotopic (exact) mass is 297 g/mol. The van der Waals surface area contributed by atoms with E-state index in [9.17, 15) is 4.79 Å². The highest BCUT2D eigenvalue weighted by Crippen LogP contribution is 2.19. The van der Waals surface area contributed by atoms with E-state index >= 15 is 0 Å². The number of pyridine rings is 1. The van der Waals surface area contributed by atoms with E-state index in [2.05, 4.69) is 15.2 Å². The average molecular weight is 297 g/mol. The fourth-order valence-corrected chi connectivity index (χ4v) is 2.60. The number of nitrogens with zero attached hydrogens (tertiary/aromatic N) is 2. The Kier molecular flexibility index (Phi) is 4.23. The standard InChI is InChI=1S/C17H19N3O2/c1-22-15-7-3-2-6-13(15)10-17(21)19-14-11-20(12-14)16-8-4-5-9-18-16/h2-9,14H,10-12H2,1H3,(H,19,21). The Morgan fingerprint density at radius 2 is 2.05 bits per heavy atom. The van der Waals surface area contributed by atoms with Crippen molar-refractivity contribution in [3.8, 4) is 5.75 Å². The molecule has 22 heavy (non-hydrogen) atoms. The van der Waals surface area contributed by atoms with E-state index in [0.29, 0.717) is 6.42 Å². The smallest absolute Gasteiger partial charge is 0.224 e. The first-order valence-corrected chi connectivity index (χ1v) is 7.33. The van der Waals surface area contributed by atoms with Gasteiger partial charge in [-0.2, -0.15) is 0 Å². The fourth-order valence-electron chi connectivity index (χ4n) is 2.60. The van der Waals surface area contributed by atoms with Crippen LogP contribution in [0.4, 0.5) is 5.82 Å². The van der Waals surface area contributed by atoms with Crippen LogP contribution in [0.15, 0.2) is 48.7 Å². The molecular weight excluding hydrogens is 278 g/mol. The van der Waals surface area contributed by atoms with Gasteiger partial charge < -0.3 is 15.0 Å². The van der Waals surface area contributed by atoms with E-state index in [0.717, 1.165) is 30.2 Å². The number of amides is 1. The predicted molar refractivity (Wildman–Crippen MR) is 85.1 cm³/mol. The summed E-state index contributed by atoms with van der Waals surface area (Å²) in [6.07, 6.45) is 2.12. The summed E-state index contributed by atoms with van der Waals surface area (Å²) in [5, 5.41) is 3.05.